The number of ether oxygens (including phenoxy) is 1. The molecule has 1 unspecified atom stereocenters. The van der Waals surface area contributed by atoms with Crippen molar-refractivity contribution in [2.75, 3.05) is 6.61 Å². The molecule has 1 aromatic carbocycles. The molecule has 1 aliphatic rings. The smallest absolute Gasteiger partial charge is 0.122 e. The van der Waals surface area contributed by atoms with Crippen LogP contribution in [0.5, 0.6) is 5.75 Å². The van der Waals surface area contributed by atoms with Gasteiger partial charge in [0.05, 0.1) is 6.61 Å². The summed E-state index contributed by atoms with van der Waals surface area (Å²) in [6.45, 7) is 2.94. The lowest BCUT2D eigenvalue weighted by Crippen LogP contribution is -2.08. The predicted molar refractivity (Wildman–Crippen MR) is 57.7 cm³/mol. The highest BCUT2D eigenvalue weighted by molar-refractivity contribution is 7.80. The van der Waals surface area contributed by atoms with Crippen LogP contribution < -0.4 is 4.74 Å². The third kappa shape index (κ3) is 1.83. The topological polar surface area (TPSA) is 9.23 Å². The average molecular weight is 194 g/mol. The molecule has 2 rings (SSSR count). The molecule has 13 heavy (non-hydrogen) atoms. The molecule has 1 atom stereocenters. The van der Waals surface area contributed by atoms with E-state index in [0.717, 1.165) is 25.2 Å². The minimum Gasteiger partial charge on any atom is -0.493 e. The van der Waals surface area contributed by atoms with Crippen LogP contribution in [-0.4, -0.2) is 6.61 Å². The highest BCUT2D eigenvalue weighted by atomic mass is 32.1. The lowest BCUT2D eigenvalue weighted by Gasteiger charge is -2.18. The number of hydrogen-bond donors (Lipinski definition) is 1. The predicted octanol–water partition coefficient (Wildman–Crippen LogP) is 3.00. The Morgan fingerprint density at radius 2 is 2.31 bits per heavy atom. The van der Waals surface area contributed by atoms with Crippen LogP contribution in [0.15, 0.2) is 18.2 Å². The van der Waals surface area contributed by atoms with Crippen molar-refractivity contribution in [3.63, 3.8) is 0 Å². The van der Waals surface area contributed by atoms with E-state index < -0.39 is 0 Å². The number of aryl methyl sites for hydroxylation is 1. The summed E-state index contributed by atoms with van der Waals surface area (Å²) in [6.07, 6.45) is 2.29. The molecule has 70 valence electrons. The fraction of sp³-hybridized carbons (Fsp3) is 0.455. The Morgan fingerprint density at radius 3 is 3.08 bits per heavy atom. The van der Waals surface area contributed by atoms with Gasteiger partial charge in [0, 0.05) is 5.25 Å². The summed E-state index contributed by atoms with van der Waals surface area (Å²) in [5.41, 5.74) is 2.58. The second-order valence-electron chi connectivity index (χ2n) is 3.50. The van der Waals surface area contributed by atoms with Crippen molar-refractivity contribution < 1.29 is 4.74 Å². The number of hydrogen-bond acceptors (Lipinski definition) is 2. The first-order valence-electron chi connectivity index (χ1n) is 4.71. The second-order valence-corrected chi connectivity index (χ2v) is 4.27. The second kappa shape index (κ2) is 3.62. The molecule has 0 fully saturated rings. The summed E-state index contributed by atoms with van der Waals surface area (Å²) in [7, 11) is 0. The molecule has 0 spiro atoms. The maximum Gasteiger partial charge on any atom is 0.122 e. The van der Waals surface area contributed by atoms with Gasteiger partial charge in [0.2, 0.25) is 0 Å². The molecule has 2 heteroatoms. The third-order valence-electron chi connectivity index (χ3n) is 2.42. The highest BCUT2D eigenvalue weighted by Crippen LogP contribution is 2.29. The summed E-state index contributed by atoms with van der Waals surface area (Å²) in [5, 5.41) is 0.288. The zero-order chi connectivity index (χ0) is 9.26. The minimum absolute atomic E-state index is 0.288. The molecule has 0 aliphatic carbocycles. The van der Waals surface area contributed by atoms with Crippen LogP contribution in [-0.2, 0) is 6.42 Å². The first-order valence-corrected chi connectivity index (χ1v) is 5.23. The summed E-state index contributed by atoms with van der Waals surface area (Å²) in [5.74, 6) is 1.06. The van der Waals surface area contributed by atoms with Gasteiger partial charge in [0.25, 0.3) is 0 Å². The third-order valence-corrected chi connectivity index (χ3v) is 2.72. The lowest BCUT2D eigenvalue weighted by atomic mass is 10.0. The van der Waals surface area contributed by atoms with Crippen LogP contribution in [0.2, 0.25) is 0 Å². The van der Waals surface area contributed by atoms with Gasteiger partial charge < -0.3 is 4.74 Å². The first-order chi connectivity index (χ1) is 6.27. The van der Waals surface area contributed by atoms with E-state index in [1.165, 1.54) is 11.1 Å². The molecule has 1 heterocycles. The molecule has 0 radical (unpaired) electrons. The van der Waals surface area contributed by atoms with Gasteiger partial charge >= 0.3 is 0 Å². The first kappa shape index (κ1) is 8.95. The van der Waals surface area contributed by atoms with Gasteiger partial charge in [-0.25, -0.2) is 0 Å². The van der Waals surface area contributed by atoms with Crippen LogP contribution >= 0.6 is 12.6 Å². The van der Waals surface area contributed by atoms with Gasteiger partial charge in [-0.1, -0.05) is 12.1 Å². The maximum absolute atomic E-state index is 5.58. The number of fused-ring (bicyclic) bond motifs is 1. The Balaban J connectivity index is 2.35. The maximum atomic E-state index is 5.58. The molecule has 0 amide bonds. The van der Waals surface area contributed by atoms with E-state index in [0.29, 0.717) is 0 Å². The lowest BCUT2D eigenvalue weighted by molar-refractivity contribution is 0.288. The quantitative estimate of drug-likeness (QED) is 0.676. The van der Waals surface area contributed by atoms with Gasteiger partial charge in [0.1, 0.15) is 5.75 Å². The van der Waals surface area contributed by atoms with E-state index >= 15 is 0 Å². The van der Waals surface area contributed by atoms with E-state index in [2.05, 4.69) is 37.8 Å². The molecule has 1 aromatic rings. The van der Waals surface area contributed by atoms with E-state index in [4.69, 9.17) is 4.74 Å². The normalized spacial score (nSPS) is 17.4. The fourth-order valence-corrected chi connectivity index (χ4v) is 1.78. The molecule has 0 saturated carbocycles. The fourth-order valence-electron chi connectivity index (χ4n) is 1.62. The van der Waals surface area contributed by atoms with Crippen LogP contribution in [0.25, 0.3) is 0 Å². The van der Waals surface area contributed by atoms with Crippen LogP contribution in [0.1, 0.15) is 29.7 Å². The molecular weight excluding hydrogens is 180 g/mol. The van der Waals surface area contributed by atoms with Crippen molar-refractivity contribution >= 4 is 12.6 Å². The molecule has 1 nitrogen and oxygen atoms in total. The summed E-state index contributed by atoms with van der Waals surface area (Å²) < 4.78 is 5.58. The zero-order valence-electron chi connectivity index (χ0n) is 7.79. The largest absolute Gasteiger partial charge is 0.493 e. The molecule has 0 bridgehead atoms. The van der Waals surface area contributed by atoms with Crippen LogP contribution in [0.4, 0.5) is 0 Å². The molecule has 1 aliphatic heterocycles. The average Bonchev–Trinajstić information content (AvgIpc) is 2.17. The van der Waals surface area contributed by atoms with Gasteiger partial charge in [0.15, 0.2) is 0 Å². The van der Waals surface area contributed by atoms with Gasteiger partial charge in [-0.3, -0.25) is 0 Å². The summed E-state index contributed by atoms with van der Waals surface area (Å²) in [4.78, 5) is 0. The minimum atomic E-state index is 0.288. The summed E-state index contributed by atoms with van der Waals surface area (Å²) >= 11 is 4.40. The Kier molecular flexibility index (Phi) is 2.49. The Bertz CT molecular complexity index is 307. The zero-order valence-corrected chi connectivity index (χ0v) is 8.68. The van der Waals surface area contributed by atoms with E-state index in [1.54, 1.807) is 0 Å². The van der Waals surface area contributed by atoms with E-state index in [1.807, 2.05) is 0 Å². The van der Waals surface area contributed by atoms with Crippen LogP contribution in [0.3, 0.4) is 0 Å². The van der Waals surface area contributed by atoms with E-state index in [9.17, 15) is 0 Å². The van der Waals surface area contributed by atoms with Gasteiger partial charge in [-0.15, -0.1) is 0 Å². The van der Waals surface area contributed by atoms with Gasteiger partial charge in [-0.2, -0.15) is 12.6 Å². The Labute approximate surface area is 84.5 Å². The van der Waals surface area contributed by atoms with Crippen molar-refractivity contribution in [2.45, 2.75) is 25.0 Å². The monoisotopic (exact) mass is 194 g/mol. The molecule has 0 saturated heterocycles. The standard InChI is InChI=1S/C11H14OS/c1-8(13)10-5-4-9-3-2-6-12-11(9)7-10/h4-5,7-8,13H,2-3,6H2,1H3. The van der Waals surface area contributed by atoms with E-state index in [-0.39, 0.29) is 5.25 Å². The molecule has 0 N–H and O–H groups in total. The van der Waals surface area contributed by atoms with Crippen molar-refractivity contribution in [1.29, 1.82) is 0 Å². The van der Waals surface area contributed by atoms with Crippen molar-refractivity contribution in [2.24, 2.45) is 0 Å². The van der Waals surface area contributed by atoms with Crippen molar-refractivity contribution in [1.82, 2.24) is 0 Å². The Morgan fingerprint density at radius 1 is 1.46 bits per heavy atom. The number of rotatable bonds is 1. The van der Waals surface area contributed by atoms with Crippen LogP contribution in [0, 0.1) is 0 Å². The van der Waals surface area contributed by atoms with Crippen molar-refractivity contribution in [3.8, 4) is 5.75 Å². The summed E-state index contributed by atoms with van der Waals surface area (Å²) in [6, 6.07) is 6.42. The Hall–Kier alpha value is -0.630. The molecular formula is C11H14OS. The SMILES string of the molecule is CC(S)c1ccc2c(c1)OCCC2. The highest BCUT2D eigenvalue weighted by Gasteiger charge is 2.11. The molecule has 0 aromatic heterocycles. The number of benzene rings is 1. The number of thiol groups is 1. The van der Waals surface area contributed by atoms with Crippen molar-refractivity contribution in [3.05, 3.63) is 29.3 Å². The van der Waals surface area contributed by atoms with Gasteiger partial charge in [-0.05, 0) is 37.0 Å².